The van der Waals surface area contributed by atoms with E-state index in [1.807, 2.05) is 0 Å². The van der Waals surface area contributed by atoms with Crippen molar-refractivity contribution in [3.8, 4) is 0 Å². The molecule has 0 aliphatic carbocycles. The van der Waals surface area contributed by atoms with Crippen LogP contribution >= 0.6 is 22.6 Å². The van der Waals surface area contributed by atoms with Crippen LogP contribution in [0.3, 0.4) is 0 Å². The molecular weight excluding hydrogens is 335 g/mol. The normalized spacial score (nSPS) is 10.6. The molecule has 0 N–H and O–H groups in total. The number of nitro benzene ring substituents is 1. The van der Waals surface area contributed by atoms with Crippen LogP contribution in [0.25, 0.3) is 0 Å². The fraction of sp³-hybridized carbons (Fsp3) is 0.222. The molecule has 0 unspecified atom stereocenters. The molecule has 16 heavy (non-hydrogen) atoms. The van der Waals surface area contributed by atoms with Gasteiger partial charge in [-0.3, -0.25) is 14.9 Å². The van der Waals surface area contributed by atoms with Crippen LogP contribution in [0, 0.1) is 13.7 Å². The summed E-state index contributed by atoms with van der Waals surface area (Å²) < 4.78 is 25.2. The van der Waals surface area contributed by atoms with E-state index in [4.69, 9.17) is 0 Å². The second-order valence-corrected chi connectivity index (χ2v) is 4.17. The molecule has 0 spiro atoms. The molecule has 0 fully saturated rings. The first kappa shape index (κ1) is 12.9. The minimum atomic E-state index is -2.98. The van der Waals surface area contributed by atoms with Gasteiger partial charge in [0.1, 0.15) is 0 Å². The summed E-state index contributed by atoms with van der Waals surface area (Å²) in [6.07, 6.45) is -2.98. The van der Waals surface area contributed by atoms with Gasteiger partial charge >= 0.3 is 0 Å². The van der Waals surface area contributed by atoms with Crippen LogP contribution in [0.4, 0.5) is 14.5 Å². The standard InChI is InChI=1S/C9H6F2INO3/c1-4(14)5-2-6(9(10)11)8(13(15)16)7(12)3-5/h2-3,9H,1H3. The maximum Gasteiger partial charge on any atom is 0.291 e. The van der Waals surface area contributed by atoms with Gasteiger partial charge in [-0.25, -0.2) is 8.78 Å². The molecule has 1 aromatic rings. The third-order valence-corrected chi connectivity index (χ3v) is 2.74. The molecule has 0 bridgehead atoms. The Labute approximate surface area is 103 Å². The Morgan fingerprint density at radius 2 is 2.06 bits per heavy atom. The Balaban J connectivity index is 3.51. The summed E-state index contributed by atoms with van der Waals surface area (Å²) in [4.78, 5) is 20.8. The SMILES string of the molecule is CC(=O)c1cc(I)c([N+](=O)[O-])c(C(F)F)c1. The smallest absolute Gasteiger partial charge is 0.291 e. The molecule has 86 valence electrons. The maximum atomic E-state index is 12.6. The molecular formula is C9H6F2INO3. The molecule has 0 amide bonds. The first-order valence-electron chi connectivity index (χ1n) is 4.11. The highest BCUT2D eigenvalue weighted by Gasteiger charge is 2.26. The van der Waals surface area contributed by atoms with Crippen molar-refractivity contribution in [1.29, 1.82) is 0 Å². The summed E-state index contributed by atoms with van der Waals surface area (Å²) in [6, 6.07) is 2.10. The minimum absolute atomic E-state index is 0.0330. The predicted octanol–water partition coefficient (Wildman–Crippen LogP) is 3.34. The number of hydrogen-bond acceptors (Lipinski definition) is 3. The van der Waals surface area contributed by atoms with E-state index in [2.05, 4.69) is 0 Å². The Hall–Kier alpha value is -1.12. The van der Waals surface area contributed by atoms with Crippen molar-refractivity contribution < 1.29 is 18.5 Å². The lowest BCUT2D eigenvalue weighted by molar-refractivity contribution is -0.387. The second-order valence-electron chi connectivity index (χ2n) is 3.01. The van der Waals surface area contributed by atoms with Crippen molar-refractivity contribution in [1.82, 2.24) is 0 Å². The number of carbonyl (C=O) groups excluding carboxylic acids is 1. The fourth-order valence-corrected chi connectivity index (χ4v) is 2.03. The molecule has 0 saturated carbocycles. The monoisotopic (exact) mass is 341 g/mol. The van der Waals surface area contributed by atoms with Crippen molar-refractivity contribution in [2.24, 2.45) is 0 Å². The quantitative estimate of drug-likeness (QED) is 0.367. The molecule has 7 heteroatoms. The van der Waals surface area contributed by atoms with Crippen LogP contribution in [0.2, 0.25) is 0 Å². The molecule has 0 radical (unpaired) electrons. The van der Waals surface area contributed by atoms with Crippen molar-refractivity contribution in [3.05, 3.63) is 36.9 Å². The highest BCUT2D eigenvalue weighted by atomic mass is 127. The first-order valence-corrected chi connectivity index (χ1v) is 5.19. The van der Waals surface area contributed by atoms with Crippen molar-refractivity contribution in [2.75, 3.05) is 0 Å². The molecule has 0 heterocycles. The van der Waals surface area contributed by atoms with E-state index in [-0.39, 0.29) is 9.13 Å². The number of hydrogen-bond donors (Lipinski definition) is 0. The number of Topliss-reactive ketones (excluding diaryl/α,β-unsaturated/α-hetero) is 1. The zero-order valence-electron chi connectivity index (χ0n) is 8.04. The van der Waals surface area contributed by atoms with Crippen LogP contribution in [0.15, 0.2) is 12.1 Å². The second kappa shape index (κ2) is 4.81. The van der Waals surface area contributed by atoms with E-state index in [0.29, 0.717) is 0 Å². The van der Waals surface area contributed by atoms with Gasteiger partial charge in [-0.2, -0.15) is 0 Å². The largest absolute Gasteiger partial charge is 0.295 e. The fourth-order valence-electron chi connectivity index (χ4n) is 1.18. The van der Waals surface area contributed by atoms with Crippen molar-refractivity contribution >= 4 is 34.1 Å². The first-order chi connectivity index (χ1) is 7.34. The molecule has 4 nitrogen and oxygen atoms in total. The number of halogens is 3. The van der Waals surface area contributed by atoms with Gasteiger partial charge in [-0.05, 0) is 41.6 Å². The van der Waals surface area contributed by atoms with Crippen LogP contribution in [-0.4, -0.2) is 10.7 Å². The topological polar surface area (TPSA) is 60.2 Å². The number of carbonyl (C=O) groups is 1. The molecule has 0 aliphatic rings. The van der Waals surface area contributed by atoms with Crippen molar-refractivity contribution in [2.45, 2.75) is 13.3 Å². The Morgan fingerprint density at radius 3 is 2.44 bits per heavy atom. The predicted molar refractivity (Wildman–Crippen MR) is 60.8 cm³/mol. The number of rotatable bonds is 3. The molecule has 0 aromatic heterocycles. The van der Waals surface area contributed by atoms with E-state index in [9.17, 15) is 23.7 Å². The van der Waals surface area contributed by atoms with Gasteiger partial charge in [-0.1, -0.05) is 0 Å². The Kier molecular flexibility index (Phi) is 3.89. The van der Waals surface area contributed by atoms with Gasteiger partial charge in [0.25, 0.3) is 12.1 Å². The van der Waals surface area contributed by atoms with E-state index >= 15 is 0 Å². The lowest BCUT2D eigenvalue weighted by Crippen LogP contribution is -2.03. The number of benzene rings is 1. The number of ketones is 1. The zero-order chi connectivity index (χ0) is 12.5. The Bertz CT molecular complexity index is 462. The summed E-state index contributed by atoms with van der Waals surface area (Å²) in [5, 5.41) is 10.6. The van der Waals surface area contributed by atoms with Gasteiger partial charge in [0.2, 0.25) is 0 Å². The third kappa shape index (κ3) is 2.52. The molecule has 1 aromatic carbocycles. The molecule has 0 saturated heterocycles. The van der Waals surface area contributed by atoms with E-state index < -0.39 is 28.4 Å². The lowest BCUT2D eigenvalue weighted by Gasteiger charge is -2.05. The molecule has 0 aliphatic heterocycles. The summed E-state index contributed by atoms with van der Waals surface area (Å²) >= 11 is 1.57. The average molecular weight is 341 g/mol. The van der Waals surface area contributed by atoms with E-state index in [1.54, 1.807) is 22.6 Å². The van der Waals surface area contributed by atoms with E-state index in [0.717, 1.165) is 6.07 Å². The highest BCUT2D eigenvalue weighted by molar-refractivity contribution is 14.1. The van der Waals surface area contributed by atoms with Gasteiger partial charge in [0.15, 0.2) is 5.78 Å². The van der Waals surface area contributed by atoms with Crippen LogP contribution in [0.5, 0.6) is 0 Å². The summed E-state index contributed by atoms with van der Waals surface area (Å²) in [6.45, 7) is 1.21. The maximum absolute atomic E-state index is 12.6. The van der Waals surface area contributed by atoms with Crippen LogP contribution in [-0.2, 0) is 0 Å². The minimum Gasteiger partial charge on any atom is -0.295 e. The van der Waals surface area contributed by atoms with Gasteiger partial charge in [-0.15, -0.1) is 0 Å². The summed E-state index contributed by atoms with van der Waals surface area (Å²) in [7, 11) is 0. The Morgan fingerprint density at radius 1 is 1.50 bits per heavy atom. The third-order valence-electron chi connectivity index (χ3n) is 1.92. The highest BCUT2D eigenvalue weighted by Crippen LogP contribution is 2.34. The van der Waals surface area contributed by atoms with Gasteiger partial charge in [0.05, 0.1) is 14.1 Å². The summed E-state index contributed by atoms with van der Waals surface area (Å²) in [5.41, 5.74) is -1.31. The van der Waals surface area contributed by atoms with Gasteiger partial charge in [0, 0.05) is 5.56 Å². The average Bonchev–Trinajstić information content (AvgIpc) is 2.15. The zero-order valence-corrected chi connectivity index (χ0v) is 10.2. The lowest BCUT2D eigenvalue weighted by atomic mass is 10.1. The molecule has 1 rings (SSSR count). The number of nitrogens with zero attached hydrogens (tertiary/aromatic N) is 1. The van der Waals surface area contributed by atoms with Gasteiger partial charge < -0.3 is 0 Å². The van der Waals surface area contributed by atoms with Crippen LogP contribution in [0.1, 0.15) is 29.3 Å². The summed E-state index contributed by atoms with van der Waals surface area (Å²) in [5.74, 6) is -0.408. The number of nitro groups is 1. The molecule has 0 atom stereocenters. The van der Waals surface area contributed by atoms with Crippen LogP contribution < -0.4 is 0 Å². The number of alkyl halides is 2. The van der Waals surface area contributed by atoms with Crippen molar-refractivity contribution in [3.63, 3.8) is 0 Å². The van der Waals surface area contributed by atoms with E-state index in [1.165, 1.54) is 13.0 Å².